The van der Waals surface area contributed by atoms with Gasteiger partial charge in [-0.05, 0) is 31.0 Å². The zero-order chi connectivity index (χ0) is 17.0. The Bertz CT molecular complexity index is 699. The maximum atomic E-state index is 12.2. The molecule has 0 radical (unpaired) electrons. The molecule has 0 aliphatic carbocycles. The van der Waals surface area contributed by atoms with Gasteiger partial charge in [0, 0.05) is 12.2 Å². The van der Waals surface area contributed by atoms with Crippen molar-refractivity contribution in [2.75, 3.05) is 11.9 Å². The van der Waals surface area contributed by atoms with Crippen molar-refractivity contribution in [3.05, 3.63) is 45.7 Å². The largest absolute Gasteiger partial charge is 0.350 e. The summed E-state index contributed by atoms with van der Waals surface area (Å²) in [5.74, 6) is 0.397. The van der Waals surface area contributed by atoms with Crippen molar-refractivity contribution in [2.24, 2.45) is 5.92 Å². The van der Waals surface area contributed by atoms with Crippen LogP contribution in [0.25, 0.3) is 0 Å². The van der Waals surface area contributed by atoms with Crippen LogP contribution in [0.5, 0.6) is 0 Å². The number of hydrogen-bond donors (Lipinski definition) is 2. The number of amides is 1. The number of hydrogen-bond acceptors (Lipinski definition) is 4. The highest BCUT2D eigenvalue weighted by Gasteiger charge is 2.13. The summed E-state index contributed by atoms with van der Waals surface area (Å²) in [7, 11) is 0. The van der Waals surface area contributed by atoms with Crippen LogP contribution in [-0.4, -0.2) is 22.4 Å². The summed E-state index contributed by atoms with van der Waals surface area (Å²) in [6.45, 7) is 6.43. The molecule has 1 aromatic heterocycles. The second-order valence-corrected chi connectivity index (χ2v) is 6.36. The molecule has 0 saturated heterocycles. The van der Waals surface area contributed by atoms with Crippen LogP contribution in [0.3, 0.4) is 0 Å². The van der Waals surface area contributed by atoms with E-state index in [1.165, 1.54) is 0 Å². The Kier molecular flexibility index (Phi) is 5.80. The third-order valence-corrected chi connectivity index (χ3v) is 3.59. The molecule has 2 rings (SSSR count). The lowest BCUT2D eigenvalue weighted by molar-refractivity contribution is 0.0944. The molecule has 0 saturated carbocycles. The van der Waals surface area contributed by atoms with Gasteiger partial charge in [0.25, 0.3) is 5.91 Å². The Morgan fingerprint density at radius 3 is 2.48 bits per heavy atom. The summed E-state index contributed by atoms with van der Waals surface area (Å²) < 4.78 is 0. The maximum absolute atomic E-state index is 12.2. The second-order valence-electron chi connectivity index (χ2n) is 5.54. The van der Waals surface area contributed by atoms with Gasteiger partial charge in [-0.2, -0.15) is 0 Å². The van der Waals surface area contributed by atoms with Gasteiger partial charge in [-0.25, -0.2) is 9.97 Å². The molecule has 122 valence electrons. The van der Waals surface area contributed by atoms with E-state index in [2.05, 4.69) is 20.6 Å². The third kappa shape index (κ3) is 4.81. The number of benzene rings is 1. The van der Waals surface area contributed by atoms with E-state index in [9.17, 15) is 4.79 Å². The fraction of sp³-hybridized carbons (Fsp3) is 0.312. The van der Waals surface area contributed by atoms with Crippen molar-refractivity contribution in [3.8, 4) is 0 Å². The average Bonchev–Trinajstić information content (AvgIpc) is 2.48. The second kappa shape index (κ2) is 7.62. The number of halogens is 2. The van der Waals surface area contributed by atoms with E-state index in [0.717, 1.165) is 0 Å². The van der Waals surface area contributed by atoms with Gasteiger partial charge >= 0.3 is 0 Å². The molecule has 0 bridgehead atoms. The first kappa shape index (κ1) is 17.5. The van der Waals surface area contributed by atoms with Gasteiger partial charge < -0.3 is 10.6 Å². The molecule has 1 amide bonds. The molecule has 1 heterocycles. The van der Waals surface area contributed by atoms with Gasteiger partial charge in [-0.3, -0.25) is 4.79 Å². The molecule has 2 aromatic rings. The van der Waals surface area contributed by atoms with Crippen LogP contribution in [0, 0.1) is 12.8 Å². The Morgan fingerprint density at radius 1 is 1.22 bits per heavy atom. The molecule has 0 fully saturated rings. The minimum absolute atomic E-state index is 0.238. The summed E-state index contributed by atoms with van der Waals surface area (Å²) in [6.07, 6.45) is 0. The highest BCUT2D eigenvalue weighted by atomic mass is 35.5. The summed E-state index contributed by atoms with van der Waals surface area (Å²) in [5.41, 5.74) is 1.47. The Labute approximate surface area is 145 Å². The van der Waals surface area contributed by atoms with E-state index < -0.39 is 0 Å². The fourth-order valence-corrected chi connectivity index (χ4v) is 2.35. The molecular formula is C16H18Cl2N4O. The maximum Gasteiger partial charge on any atom is 0.270 e. The van der Waals surface area contributed by atoms with Crippen LogP contribution in [-0.2, 0) is 0 Å². The van der Waals surface area contributed by atoms with Crippen LogP contribution in [0.4, 0.5) is 11.6 Å². The molecule has 1 aromatic carbocycles. The van der Waals surface area contributed by atoms with Crippen molar-refractivity contribution in [1.29, 1.82) is 0 Å². The lowest BCUT2D eigenvalue weighted by Gasteiger charge is -2.11. The zero-order valence-corrected chi connectivity index (χ0v) is 14.7. The number of nitrogens with one attached hydrogen (secondary N) is 2. The van der Waals surface area contributed by atoms with Gasteiger partial charge in [0.15, 0.2) is 0 Å². The van der Waals surface area contributed by atoms with Crippen LogP contribution in [0.2, 0.25) is 10.0 Å². The predicted molar refractivity (Wildman–Crippen MR) is 93.7 cm³/mol. The number of para-hydroxylation sites is 1. The first-order valence-corrected chi connectivity index (χ1v) is 7.97. The van der Waals surface area contributed by atoms with Gasteiger partial charge in [0.1, 0.15) is 5.69 Å². The van der Waals surface area contributed by atoms with Gasteiger partial charge in [-0.1, -0.05) is 43.1 Å². The van der Waals surface area contributed by atoms with Gasteiger partial charge in [-0.15, -0.1) is 0 Å². The Morgan fingerprint density at radius 2 is 1.87 bits per heavy atom. The van der Waals surface area contributed by atoms with Crippen molar-refractivity contribution < 1.29 is 4.79 Å². The number of nitrogens with zero attached hydrogens (tertiary/aromatic N) is 2. The highest BCUT2D eigenvalue weighted by Crippen LogP contribution is 2.31. The minimum atomic E-state index is -0.238. The molecule has 23 heavy (non-hydrogen) atoms. The standard InChI is InChI=1S/C16H18Cl2N4O/c1-9(2)8-19-15(23)13-7-10(3)20-16(21-13)22-14-11(17)5-4-6-12(14)18/h4-7,9H,8H2,1-3H3,(H,19,23)(H,20,21,22). The first-order chi connectivity index (χ1) is 10.9. The zero-order valence-electron chi connectivity index (χ0n) is 13.2. The molecule has 0 unspecified atom stereocenters. The van der Waals surface area contributed by atoms with E-state index >= 15 is 0 Å². The molecule has 0 atom stereocenters. The molecule has 2 N–H and O–H groups in total. The number of aryl methyl sites for hydroxylation is 1. The van der Waals surface area contributed by atoms with E-state index in [0.29, 0.717) is 39.6 Å². The van der Waals surface area contributed by atoms with Gasteiger partial charge in [0.05, 0.1) is 15.7 Å². The van der Waals surface area contributed by atoms with Crippen molar-refractivity contribution >= 4 is 40.7 Å². The number of rotatable bonds is 5. The normalized spacial score (nSPS) is 10.7. The van der Waals surface area contributed by atoms with Crippen LogP contribution >= 0.6 is 23.2 Å². The Hall–Kier alpha value is -1.85. The van der Waals surface area contributed by atoms with Crippen molar-refractivity contribution in [2.45, 2.75) is 20.8 Å². The van der Waals surface area contributed by atoms with E-state index in [1.54, 1.807) is 31.2 Å². The summed E-state index contributed by atoms with van der Waals surface area (Å²) >= 11 is 12.2. The molecule has 5 nitrogen and oxygen atoms in total. The fourth-order valence-electron chi connectivity index (χ4n) is 1.86. The van der Waals surface area contributed by atoms with Crippen LogP contribution in [0.15, 0.2) is 24.3 Å². The van der Waals surface area contributed by atoms with E-state index in [4.69, 9.17) is 23.2 Å². The number of anilines is 2. The summed E-state index contributed by atoms with van der Waals surface area (Å²) in [6, 6.07) is 6.80. The summed E-state index contributed by atoms with van der Waals surface area (Å²) in [5, 5.41) is 6.71. The molecule has 7 heteroatoms. The number of aromatic nitrogens is 2. The third-order valence-electron chi connectivity index (χ3n) is 2.96. The smallest absolute Gasteiger partial charge is 0.270 e. The van der Waals surface area contributed by atoms with Crippen molar-refractivity contribution in [3.63, 3.8) is 0 Å². The van der Waals surface area contributed by atoms with Crippen LogP contribution < -0.4 is 10.6 Å². The monoisotopic (exact) mass is 352 g/mol. The van der Waals surface area contributed by atoms with E-state index in [-0.39, 0.29) is 11.9 Å². The number of carbonyl (C=O) groups excluding carboxylic acids is 1. The quantitative estimate of drug-likeness (QED) is 0.845. The first-order valence-electron chi connectivity index (χ1n) is 7.21. The summed E-state index contributed by atoms with van der Waals surface area (Å²) in [4.78, 5) is 20.7. The molecule has 0 aliphatic heterocycles. The SMILES string of the molecule is Cc1cc(C(=O)NCC(C)C)nc(Nc2c(Cl)cccc2Cl)n1. The van der Waals surface area contributed by atoms with Crippen molar-refractivity contribution in [1.82, 2.24) is 15.3 Å². The molecule has 0 spiro atoms. The average molecular weight is 353 g/mol. The molecular weight excluding hydrogens is 335 g/mol. The Balaban J connectivity index is 2.25. The molecule has 0 aliphatic rings. The van der Waals surface area contributed by atoms with Crippen LogP contribution in [0.1, 0.15) is 30.0 Å². The lowest BCUT2D eigenvalue weighted by atomic mass is 10.2. The minimum Gasteiger partial charge on any atom is -0.350 e. The lowest BCUT2D eigenvalue weighted by Crippen LogP contribution is -2.28. The van der Waals surface area contributed by atoms with Gasteiger partial charge in [0.2, 0.25) is 5.95 Å². The number of carbonyl (C=O) groups is 1. The highest BCUT2D eigenvalue weighted by molar-refractivity contribution is 6.39. The topological polar surface area (TPSA) is 66.9 Å². The predicted octanol–water partition coefficient (Wildman–Crippen LogP) is 4.22. The van der Waals surface area contributed by atoms with E-state index in [1.807, 2.05) is 13.8 Å².